The Kier molecular flexibility index (Phi) is 10.3. The third-order valence-corrected chi connectivity index (χ3v) is 12.8. The summed E-state index contributed by atoms with van der Waals surface area (Å²) in [6, 6.07) is 84.2. The molecule has 1 aliphatic heterocycles. The van der Waals surface area contributed by atoms with Crippen molar-refractivity contribution in [2.75, 3.05) is 0 Å². The summed E-state index contributed by atoms with van der Waals surface area (Å²) in [6.07, 6.45) is 2.21. The van der Waals surface area contributed by atoms with Gasteiger partial charge in [-0.05, 0) is 76.4 Å². The van der Waals surface area contributed by atoms with E-state index in [9.17, 15) is 5.41 Å². The third-order valence-electron chi connectivity index (χ3n) is 12.8. The van der Waals surface area contributed by atoms with Gasteiger partial charge in [0.15, 0.2) is 5.82 Å². The second-order valence-corrected chi connectivity index (χ2v) is 17.0. The SMILES string of the molecule is N=C(/C(=C1\NC(c2ccccc2)=Cc2ccc(-c3cccc(-c4nc(-c5ccccc5)cc(-c5cccc(-n6c7ccccc7c7ccccc76)c5)n4)c3)cc21)c1ccccc1)c1ccccc1. The fraction of sp³-hybridized carbons (Fsp3) is 0. The van der Waals surface area contributed by atoms with Crippen LogP contribution in [-0.4, -0.2) is 20.2 Å². The molecule has 0 saturated heterocycles. The Morgan fingerprint density at radius 2 is 0.941 bits per heavy atom. The van der Waals surface area contributed by atoms with E-state index in [1.54, 1.807) is 0 Å². The zero-order valence-electron chi connectivity index (χ0n) is 37.0. The minimum Gasteiger partial charge on any atom is -0.354 e. The predicted octanol–water partition coefficient (Wildman–Crippen LogP) is 15.3. The molecule has 12 rings (SSSR count). The van der Waals surface area contributed by atoms with Crippen LogP contribution < -0.4 is 5.32 Å². The molecule has 1 aliphatic rings. The smallest absolute Gasteiger partial charge is 0.160 e. The van der Waals surface area contributed by atoms with Gasteiger partial charge in [0.05, 0.1) is 33.8 Å². The van der Waals surface area contributed by atoms with E-state index in [2.05, 4.69) is 198 Å². The first-order valence-electron chi connectivity index (χ1n) is 22.9. The van der Waals surface area contributed by atoms with Crippen molar-refractivity contribution in [3.05, 3.63) is 270 Å². The van der Waals surface area contributed by atoms with E-state index in [0.29, 0.717) is 11.5 Å². The normalized spacial score (nSPS) is 12.9. The first-order valence-corrected chi connectivity index (χ1v) is 22.9. The molecule has 0 aliphatic carbocycles. The topological polar surface area (TPSA) is 66.6 Å². The zero-order valence-corrected chi connectivity index (χ0v) is 37.0. The molecule has 0 bridgehead atoms. The van der Waals surface area contributed by atoms with Gasteiger partial charge in [-0.15, -0.1) is 0 Å². The molecular formula is C63H43N5. The molecule has 9 aromatic carbocycles. The highest BCUT2D eigenvalue weighted by molar-refractivity contribution is 6.36. The lowest BCUT2D eigenvalue weighted by atomic mass is 9.86. The zero-order chi connectivity index (χ0) is 45.4. The standard InChI is InChI=1S/C63H43N5/c64-61(45-25-11-4-12-26-45)60(44-23-9-3-10-24-44)62-54-39-47(35-36-48(54)40-55(65-62)42-19-5-1-6-20-42)46-27-17-29-50(37-46)63-66-56(43-21-7-2-8-22-43)41-57(67-63)49-28-18-30-51(38-49)68-58-33-15-13-31-52(58)53-32-14-16-34-59(53)68/h1-41,64-65H/b62-60-,64-61?. The molecule has 320 valence electrons. The molecule has 11 aromatic rings. The molecule has 5 heteroatoms. The minimum absolute atomic E-state index is 0.443. The van der Waals surface area contributed by atoms with E-state index in [0.717, 1.165) is 101 Å². The first-order chi connectivity index (χ1) is 33.6. The van der Waals surface area contributed by atoms with Gasteiger partial charge in [0.25, 0.3) is 0 Å². The van der Waals surface area contributed by atoms with Gasteiger partial charge in [0.1, 0.15) is 0 Å². The second kappa shape index (κ2) is 17.3. The van der Waals surface area contributed by atoms with Crippen LogP contribution in [0, 0.1) is 5.41 Å². The van der Waals surface area contributed by atoms with Crippen LogP contribution in [0.2, 0.25) is 0 Å². The summed E-state index contributed by atoms with van der Waals surface area (Å²) in [5.41, 5.74) is 18.2. The molecule has 2 N–H and O–H groups in total. The third kappa shape index (κ3) is 7.48. The number of hydrogen-bond donors (Lipinski definition) is 2. The highest BCUT2D eigenvalue weighted by atomic mass is 15.0. The van der Waals surface area contributed by atoms with Gasteiger partial charge in [-0.2, -0.15) is 0 Å². The fourth-order valence-corrected chi connectivity index (χ4v) is 9.53. The van der Waals surface area contributed by atoms with Crippen LogP contribution in [0.15, 0.2) is 243 Å². The number of allylic oxidation sites excluding steroid dienone is 1. The molecular weight excluding hydrogens is 827 g/mol. The molecule has 0 unspecified atom stereocenters. The average molecular weight is 870 g/mol. The summed E-state index contributed by atoms with van der Waals surface area (Å²) in [5, 5.41) is 16.0. The number of nitrogens with one attached hydrogen (secondary N) is 2. The van der Waals surface area contributed by atoms with Gasteiger partial charge in [-0.3, -0.25) is 5.41 Å². The van der Waals surface area contributed by atoms with Crippen molar-refractivity contribution in [2.45, 2.75) is 0 Å². The molecule has 0 saturated carbocycles. The molecule has 0 atom stereocenters. The first kappa shape index (κ1) is 40.3. The number of para-hydroxylation sites is 2. The summed E-state index contributed by atoms with van der Waals surface area (Å²) >= 11 is 0. The van der Waals surface area contributed by atoms with Gasteiger partial charge in [-0.1, -0.05) is 200 Å². The van der Waals surface area contributed by atoms with Crippen molar-refractivity contribution in [3.8, 4) is 50.7 Å². The van der Waals surface area contributed by atoms with Gasteiger partial charge < -0.3 is 9.88 Å². The van der Waals surface area contributed by atoms with Gasteiger partial charge >= 0.3 is 0 Å². The van der Waals surface area contributed by atoms with E-state index in [-0.39, 0.29) is 0 Å². The molecule has 3 heterocycles. The minimum atomic E-state index is 0.443. The number of benzene rings is 9. The van der Waals surface area contributed by atoms with Crippen LogP contribution in [0.4, 0.5) is 0 Å². The summed E-state index contributed by atoms with van der Waals surface area (Å²) in [6.45, 7) is 0. The van der Waals surface area contributed by atoms with Crippen molar-refractivity contribution in [2.24, 2.45) is 0 Å². The van der Waals surface area contributed by atoms with Gasteiger partial charge in [-0.25, -0.2) is 9.97 Å². The van der Waals surface area contributed by atoms with Gasteiger partial charge in [0, 0.05) is 55.5 Å². The number of fused-ring (bicyclic) bond motifs is 4. The van der Waals surface area contributed by atoms with E-state index in [1.807, 2.05) is 60.7 Å². The molecule has 0 fully saturated rings. The Morgan fingerprint density at radius 1 is 0.412 bits per heavy atom. The Labute approximate surface area is 395 Å². The Morgan fingerprint density at radius 3 is 1.63 bits per heavy atom. The monoisotopic (exact) mass is 869 g/mol. The second-order valence-electron chi connectivity index (χ2n) is 17.0. The molecule has 0 radical (unpaired) electrons. The van der Waals surface area contributed by atoms with Gasteiger partial charge in [0.2, 0.25) is 0 Å². The quantitative estimate of drug-likeness (QED) is 0.142. The van der Waals surface area contributed by atoms with Crippen molar-refractivity contribution in [1.29, 1.82) is 5.41 Å². The number of hydrogen-bond acceptors (Lipinski definition) is 4. The number of rotatable bonds is 9. The number of aromatic nitrogens is 3. The van der Waals surface area contributed by atoms with Crippen LogP contribution >= 0.6 is 0 Å². The summed E-state index contributed by atoms with van der Waals surface area (Å²) in [5.74, 6) is 0.642. The Hall–Kier alpha value is -9.19. The van der Waals surface area contributed by atoms with E-state index in [4.69, 9.17) is 9.97 Å². The molecule has 68 heavy (non-hydrogen) atoms. The van der Waals surface area contributed by atoms with E-state index >= 15 is 0 Å². The Bertz CT molecular complexity index is 3700. The summed E-state index contributed by atoms with van der Waals surface area (Å²) < 4.78 is 2.35. The largest absolute Gasteiger partial charge is 0.354 e. The lowest BCUT2D eigenvalue weighted by Crippen LogP contribution is -2.20. The van der Waals surface area contributed by atoms with Crippen molar-refractivity contribution in [1.82, 2.24) is 19.9 Å². The summed E-state index contributed by atoms with van der Waals surface area (Å²) in [4.78, 5) is 10.6. The summed E-state index contributed by atoms with van der Waals surface area (Å²) in [7, 11) is 0. The predicted molar refractivity (Wildman–Crippen MR) is 282 cm³/mol. The molecule has 0 spiro atoms. The fourth-order valence-electron chi connectivity index (χ4n) is 9.53. The van der Waals surface area contributed by atoms with Crippen LogP contribution in [0.1, 0.15) is 27.8 Å². The maximum atomic E-state index is 9.75. The van der Waals surface area contributed by atoms with Crippen molar-refractivity contribution in [3.63, 3.8) is 0 Å². The van der Waals surface area contributed by atoms with Crippen LogP contribution in [0.5, 0.6) is 0 Å². The Balaban J connectivity index is 0.994. The average Bonchev–Trinajstić information content (AvgIpc) is 3.76. The number of nitrogens with zero attached hydrogens (tertiary/aromatic N) is 3. The molecule has 5 nitrogen and oxygen atoms in total. The highest BCUT2D eigenvalue weighted by Crippen LogP contribution is 2.40. The van der Waals surface area contributed by atoms with E-state index < -0.39 is 0 Å². The van der Waals surface area contributed by atoms with E-state index in [1.165, 1.54) is 10.8 Å². The molecule has 0 amide bonds. The molecule has 2 aromatic heterocycles. The van der Waals surface area contributed by atoms with Crippen LogP contribution in [0.3, 0.4) is 0 Å². The maximum absolute atomic E-state index is 9.75. The lowest BCUT2D eigenvalue weighted by molar-refractivity contribution is 1.16. The van der Waals surface area contributed by atoms with Crippen LogP contribution in [0.25, 0.3) is 95.6 Å². The van der Waals surface area contributed by atoms with Crippen molar-refractivity contribution >= 4 is 50.6 Å². The van der Waals surface area contributed by atoms with Crippen molar-refractivity contribution < 1.29 is 0 Å². The van der Waals surface area contributed by atoms with Crippen LogP contribution in [-0.2, 0) is 0 Å². The lowest BCUT2D eigenvalue weighted by Gasteiger charge is -2.27. The highest BCUT2D eigenvalue weighted by Gasteiger charge is 2.25. The maximum Gasteiger partial charge on any atom is 0.160 e.